The predicted octanol–water partition coefficient (Wildman–Crippen LogP) is 2.41. The van der Waals surface area contributed by atoms with Gasteiger partial charge in [0, 0.05) is 32.1 Å². The Labute approximate surface area is 120 Å². The van der Waals surface area contributed by atoms with Crippen molar-refractivity contribution in [2.24, 2.45) is 11.8 Å². The Morgan fingerprint density at radius 1 is 1.15 bits per heavy atom. The topological polar surface area (TPSA) is 60.9 Å². The summed E-state index contributed by atoms with van der Waals surface area (Å²) in [5, 5.41) is 8.82. The van der Waals surface area contributed by atoms with Crippen molar-refractivity contribution in [3.63, 3.8) is 0 Å². The third-order valence-corrected chi connectivity index (χ3v) is 4.37. The number of urea groups is 1. The third kappa shape index (κ3) is 4.12. The van der Waals surface area contributed by atoms with Crippen LogP contribution < -0.4 is 0 Å². The minimum absolute atomic E-state index is 0.140. The minimum Gasteiger partial charge on any atom is -0.481 e. The molecule has 0 aromatic rings. The van der Waals surface area contributed by atoms with Gasteiger partial charge in [0.05, 0.1) is 0 Å². The molecule has 2 rings (SSSR count). The Morgan fingerprint density at radius 3 is 2.20 bits per heavy atom. The number of hydrogen-bond acceptors (Lipinski definition) is 2. The summed E-state index contributed by atoms with van der Waals surface area (Å²) in [6.07, 6.45) is 4.35. The second-order valence-electron chi connectivity index (χ2n) is 6.50. The summed E-state index contributed by atoms with van der Waals surface area (Å²) in [7, 11) is 0. The van der Waals surface area contributed by atoms with Crippen LogP contribution in [0.4, 0.5) is 4.79 Å². The van der Waals surface area contributed by atoms with Gasteiger partial charge < -0.3 is 14.9 Å². The molecule has 1 heterocycles. The summed E-state index contributed by atoms with van der Waals surface area (Å²) >= 11 is 0. The van der Waals surface area contributed by atoms with Gasteiger partial charge >= 0.3 is 12.0 Å². The molecule has 20 heavy (non-hydrogen) atoms. The van der Waals surface area contributed by atoms with Crippen molar-refractivity contribution in [2.75, 3.05) is 19.6 Å². The van der Waals surface area contributed by atoms with Crippen LogP contribution in [0.1, 0.15) is 46.0 Å². The highest BCUT2D eigenvalue weighted by atomic mass is 16.4. The van der Waals surface area contributed by atoms with E-state index in [1.165, 1.54) is 12.8 Å². The lowest BCUT2D eigenvalue weighted by Crippen LogP contribution is -2.49. The fourth-order valence-corrected chi connectivity index (χ4v) is 2.85. The van der Waals surface area contributed by atoms with Gasteiger partial charge in [-0.05, 0) is 51.4 Å². The zero-order valence-electron chi connectivity index (χ0n) is 12.5. The molecule has 0 unspecified atom stereocenters. The molecule has 2 aliphatic rings. The number of hydrogen-bond donors (Lipinski definition) is 1. The van der Waals surface area contributed by atoms with E-state index < -0.39 is 5.97 Å². The lowest BCUT2D eigenvalue weighted by molar-refractivity contribution is -0.138. The molecule has 5 heteroatoms. The lowest BCUT2D eigenvalue weighted by Gasteiger charge is -2.37. The van der Waals surface area contributed by atoms with Gasteiger partial charge in [0.2, 0.25) is 0 Å². The molecular weight excluding hydrogens is 256 g/mol. The van der Waals surface area contributed by atoms with Gasteiger partial charge in [-0.1, -0.05) is 0 Å². The van der Waals surface area contributed by atoms with E-state index in [9.17, 15) is 9.59 Å². The highest BCUT2D eigenvalue weighted by molar-refractivity contribution is 5.75. The van der Waals surface area contributed by atoms with E-state index >= 15 is 0 Å². The molecule has 0 bridgehead atoms. The Kier molecular flexibility index (Phi) is 4.89. The van der Waals surface area contributed by atoms with Crippen LogP contribution in [0.3, 0.4) is 0 Å². The van der Waals surface area contributed by atoms with Crippen LogP contribution in [0.25, 0.3) is 0 Å². The number of aliphatic carboxylic acids is 1. The molecule has 114 valence electrons. The molecule has 0 aromatic heterocycles. The van der Waals surface area contributed by atoms with E-state index in [0.29, 0.717) is 19.0 Å². The number of carbonyl (C=O) groups excluding carboxylic acids is 1. The lowest BCUT2D eigenvalue weighted by atomic mass is 9.94. The summed E-state index contributed by atoms with van der Waals surface area (Å²) in [5.74, 6) is 0.200. The highest BCUT2D eigenvalue weighted by Gasteiger charge is 2.32. The quantitative estimate of drug-likeness (QED) is 0.842. The van der Waals surface area contributed by atoms with E-state index in [-0.39, 0.29) is 24.4 Å². The molecule has 0 spiro atoms. The van der Waals surface area contributed by atoms with Crippen molar-refractivity contribution in [1.29, 1.82) is 0 Å². The second-order valence-corrected chi connectivity index (χ2v) is 6.50. The van der Waals surface area contributed by atoms with E-state index in [1.54, 1.807) is 0 Å². The van der Waals surface area contributed by atoms with Crippen LogP contribution in [0.15, 0.2) is 0 Å². The summed E-state index contributed by atoms with van der Waals surface area (Å²) in [6, 6.07) is 0.375. The molecule has 2 fully saturated rings. The first-order valence-electron chi connectivity index (χ1n) is 7.74. The SMILES string of the molecule is CC(C)N(CC1CC1)C(=O)N1CCC(CC(=O)O)CC1. The average molecular weight is 282 g/mol. The summed E-state index contributed by atoms with van der Waals surface area (Å²) in [6.45, 7) is 6.41. The molecule has 0 radical (unpaired) electrons. The Balaban J connectivity index is 1.84. The number of piperidine rings is 1. The van der Waals surface area contributed by atoms with Gasteiger partial charge in [0.1, 0.15) is 0 Å². The van der Waals surface area contributed by atoms with Crippen molar-refractivity contribution >= 4 is 12.0 Å². The van der Waals surface area contributed by atoms with E-state index in [1.807, 2.05) is 9.80 Å². The van der Waals surface area contributed by atoms with Crippen LogP contribution in [-0.2, 0) is 4.79 Å². The van der Waals surface area contributed by atoms with Crippen molar-refractivity contribution in [3.8, 4) is 0 Å². The number of rotatable bonds is 5. The molecule has 1 saturated carbocycles. The number of amides is 2. The summed E-state index contributed by atoms with van der Waals surface area (Å²) in [5.41, 5.74) is 0. The van der Waals surface area contributed by atoms with Crippen LogP contribution in [0.2, 0.25) is 0 Å². The fraction of sp³-hybridized carbons (Fsp3) is 0.867. The first kappa shape index (κ1) is 15.1. The number of carbonyl (C=O) groups is 2. The molecule has 0 atom stereocenters. The van der Waals surface area contributed by atoms with E-state index in [4.69, 9.17) is 5.11 Å². The number of nitrogens with zero attached hydrogens (tertiary/aromatic N) is 2. The Bertz CT molecular complexity index is 358. The third-order valence-electron chi connectivity index (χ3n) is 4.37. The largest absolute Gasteiger partial charge is 0.481 e. The first-order valence-corrected chi connectivity index (χ1v) is 7.74. The van der Waals surface area contributed by atoms with Crippen LogP contribution >= 0.6 is 0 Å². The molecule has 1 aliphatic heterocycles. The normalized spacial score (nSPS) is 20.2. The average Bonchev–Trinajstić information content (AvgIpc) is 3.19. The van der Waals surface area contributed by atoms with Crippen molar-refractivity contribution in [2.45, 2.75) is 52.0 Å². The molecule has 1 N–H and O–H groups in total. The predicted molar refractivity (Wildman–Crippen MR) is 76.5 cm³/mol. The smallest absolute Gasteiger partial charge is 0.320 e. The Hall–Kier alpha value is -1.26. The van der Waals surface area contributed by atoms with Crippen LogP contribution in [0, 0.1) is 11.8 Å². The molecule has 5 nitrogen and oxygen atoms in total. The number of likely N-dealkylation sites (tertiary alicyclic amines) is 1. The molecular formula is C15H26N2O3. The van der Waals surface area contributed by atoms with E-state index in [0.717, 1.165) is 19.4 Å². The fourth-order valence-electron chi connectivity index (χ4n) is 2.85. The maximum absolute atomic E-state index is 12.6. The molecule has 0 aromatic carbocycles. The van der Waals surface area contributed by atoms with Crippen molar-refractivity contribution in [1.82, 2.24) is 9.80 Å². The summed E-state index contributed by atoms with van der Waals surface area (Å²) < 4.78 is 0. The standard InChI is InChI=1S/C15H26N2O3/c1-11(2)17(10-13-3-4-13)15(20)16-7-5-12(6-8-16)9-14(18)19/h11-13H,3-10H2,1-2H3,(H,18,19). The molecule has 2 amide bonds. The molecule has 1 aliphatic carbocycles. The van der Waals surface area contributed by atoms with Gasteiger partial charge in [0.15, 0.2) is 0 Å². The number of carboxylic acids is 1. The van der Waals surface area contributed by atoms with Crippen LogP contribution in [0.5, 0.6) is 0 Å². The maximum atomic E-state index is 12.6. The zero-order valence-corrected chi connectivity index (χ0v) is 12.5. The summed E-state index contributed by atoms with van der Waals surface area (Å²) in [4.78, 5) is 27.2. The highest BCUT2D eigenvalue weighted by Crippen LogP contribution is 2.31. The van der Waals surface area contributed by atoms with Gasteiger partial charge in [-0.25, -0.2) is 4.79 Å². The number of carboxylic acid groups (broad SMARTS) is 1. The minimum atomic E-state index is -0.729. The molecule has 1 saturated heterocycles. The monoisotopic (exact) mass is 282 g/mol. The van der Waals surface area contributed by atoms with Crippen LogP contribution in [-0.4, -0.2) is 52.6 Å². The van der Waals surface area contributed by atoms with Crippen molar-refractivity contribution < 1.29 is 14.7 Å². The van der Waals surface area contributed by atoms with Gasteiger partial charge in [-0.15, -0.1) is 0 Å². The maximum Gasteiger partial charge on any atom is 0.320 e. The van der Waals surface area contributed by atoms with Crippen molar-refractivity contribution in [3.05, 3.63) is 0 Å². The van der Waals surface area contributed by atoms with Gasteiger partial charge in [0.25, 0.3) is 0 Å². The van der Waals surface area contributed by atoms with Gasteiger partial charge in [-0.2, -0.15) is 0 Å². The van der Waals surface area contributed by atoms with Gasteiger partial charge in [-0.3, -0.25) is 4.79 Å². The first-order chi connectivity index (χ1) is 9.47. The zero-order chi connectivity index (χ0) is 14.7. The van der Waals surface area contributed by atoms with E-state index in [2.05, 4.69) is 13.8 Å². The Morgan fingerprint density at radius 2 is 1.75 bits per heavy atom. The second kappa shape index (κ2) is 6.46.